The maximum absolute atomic E-state index is 12.3. The van der Waals surface area contributed by atoms with E-state index in [9.17, 15) is 8.42 Å². The molecule has 0 amide bonds. The lowest BCUT2D eigenvalue weighted by atomic mass is 10.3. The molecule has 2 rings (SSSR count). The highest BCUT2D eigenvalue weighted by atomic mass is 32.2. The number of hydrogen-bond donors (Lipinski definition) is 1. The Hall–Kier alpha value is -0.470. The van der Waals surface area contributed by atoms with Crippen LogP contribution in [-0.4, -0.2) is 45.1 Å². The van der Waals surface area contributed by atoms with Gasteiger partial charge in [0.1, 0.15) is 4.21 Å². The Morgan fingerprint density at radius 1 is 1.59 bits per heavy atom. The lowest BCUT2D eigenvalue weighted by Gasteiger charge is -2.31. The molecule has 2 heterocycles. The molecule has 0 aromatic carbocycles. The van der Waals surface area contributed by atoms with Crippen molar-refractivity contribution in [2.24, 2.45) is 5.73 Å². The summed E-state index contributed by atoms with van der Waals surface area (Å²) in [4.78, 5) is 0.993. The van der Waals surface area contributed by atoms with Crippen LogP contribution in [0.2, 0.25) is 0 Å². The molecule has 1 aromatic heterocycles. The molecule has 1 aromatic rings. The Bertz CT molecular complexity index is 483. The molecule has 0 bridgehead atoms. The van der Waals surface area contributed by atoms with Gasteiger partial charge >= 0.3 is 0 Å². The molecule has 2 N–H and O–H groups in total. The van der Waals surface area contributed by atoms with Crippen molar-refractivity contribution in [2.45, 2.75) is 17.2 Å². The van der Waals surface area contributed by atoms with Crippen LogP contribution in [0.1, 0.15) is 4.88 Å². The third-order valence-electron chi connectivity index (χ3n) is 2.67. The van der Waals surface area contributed by atoms with E-state index in [0.29, 0.717) is 30.5 Å². The van der Waals surface area contributed by atoms with Crippen molar-refractivity contribution in [1.82, 2.24) is 4.31 Å². The van der Waals surface area contributed by atoms with E-state index in [4.69, 9.17) is 10.5 Å². The first-order valence-electron chi connectivity index (χ1n) is 5.42. The zero-order chi connectivity index (χ0) is 12.5. The fourth-order valence-corrected chi connectivity index (χ4v) is 4.62. The minimum Gasteiger partial charge on any atom is -0.374 e. The van der Waals surface area contributed by atoms with E-state index in [0.717, 1.165) is 4.88 Å². The molecule has 1 atom stereocenters. The highest BCUT2D eigenvalue weighted by Crippen LogP contribution is 2.25. The minimum absolute atomic E-state index is 0.195. The van der Waals surface area contributed by atoms with Gasteiger partial charge in [-0.3, -0.25) is 0 Å². The highest BCUT2D eigenvalue weighted by Gasteiger charge is 2.31. The summed E-state index contributed by atoms with van der Waals surface area (Å²) in [6, 6.07) is 3.47. The average Bonchev–Trinajstić information content (AvgIpc) is 2.76. The van der Waals surface area contributed by atoms with Crippen LogP contribution >= 0.6 is 11.3 Å². The monoisotopic (exact) mass is 276 g/mol. The van der Waals surface area contributed by atoms with Crippen molar-refractivity contribution in [3.8, 4) is 0 Å². The van der Waals surface area contributed by atoms with Crippen molar-refractivity contribution < 1.29 is 13.2 Å². The maximum Gasteiger partial charge on any atom is 0.252 e. The standard InChI is InChI=1S/C10H16N2O3S2/c1-8-2-3-10(16-8)17(13,14)12-4-5-15-9(6-11)7-12/h2-3,9H,4-7,11H2,1H3. The molecule has 0 aliphatic carbocycles. The molecule has 17 heavy (non-hydrogen) atoms. The first-order valence-corrected chi connectivity index (χ1v) is 7.68. The molecule has 7 heteroatoms. The van der Waals surface area contributed by atoms with Crippen LogP contribution < -0.4 is 5.73 Å². The molecule has 5 nitrogen and oxygen atoms in total. The van der Waals surface area contributed by atoms with E-state index in [1.165, 1.54) is 15.6 Å². The Morgan fingerprint density at radius 2 is 2.35 bits per heavy atom. The molecule has 0 saturated carbocycles. The van der Waals surface area contributed by atoms with Gasteiger partial charge in [-0.05, 0) is 19.1 Å². The normalized spacial score (nSPS) is 22.8. The summed E-state index contributed by atoms with van der Waals surface area (Å²) in [7, 11) is -3.37. The van der Waals surface area contributed by atoms with Crippen LogP contribution in [0.5, 0.6) is 0 Å². The summed E-state index contributed by atoms with van der Waals surface area (Å²) in [5, 5.41) is 0. The molecule has 96 valence electrons. The molecule has 0 radical (unpaired) electrons. The quantitative estimate of drug-likeness (QED) is 0.867. The van der Waals surface area contributed by atoms with Gasteiger partial charge in [0, 0.05) is 24.5 Å². The predicted octanol–water partition coefficient (Wildman–Crippen LogP) is 0.405. The van der Waals surface area contributed by atoms with Crippen LogP contribution in [0, 0.1) is 6.92 Å². The fraction of sp³-hybridized carbons (Fsp3) is 0.600. The van der Waals surface area contributed by atoms with Crippen molar-refractivity contribution in [1.29, 1.82) is 0 Å². The number of morpholine rings is 1. The van der Waals surface area contributed by atoms with Crippen LogP contribution in [0.4, 0.5) is 0 Å². The number of ether oxygens (including phenoxy) is 1. The van der Waals surface area contributed by atoms with Gasteiger partial charge in [0.05, 0.1) is 12.7 Å². The number of nitrogens with two attached hydrogens (primary N) is 1. The largest absolute Gasteiger partial charge is 0.374 e. The molecule has 1 aliphatic heterocycles. The van der Waals surface area contributed by atoms with E-state index in [2.05, 4.69) is 0 Å². The summed E-state index contributed by atoms with van der Waals surface area (Å²) >= 11 is 1.30. The van der Waals surface area contributed by atoms with E-state index in [1.54, 1.807) is 6.07 Å². The van der Waals surface area contributed by atoms with Gasteiger partial charge in [0.25, 0.3) is 10.0 Å². The lowest BCUT2D eigenvalue weighted by Crippen LogP contribution is -2.47. The van der Waals surface area contributed by atoms with Gasteiger partial charge in [-0.1, -0.05) is 0 Å². The second-order valence-corrected chi connectivity index (χ2v) is 7.41. The molecule has 1 fully saturated rings. The van der Waals surface area contributed by atoms with E-state index in [1.807, 2.05) is 13.0 Å². The Labute approximate surface area is 105 Å². The van der Waals surface area contributed by atoms with Gasteiger partial charge in [0.2, 0.25) is 0 Å². The Morgan fingerprint density at radius 3 is 2.94 bits per heavy atom. The first kappa shape index (κ1) is 13.0. The zero-order valence-electron chi connectivity index (χ0n) is 9.63. The Balaban J connectivity index is 2.21. The fourth-order valence-electron chi connectivity index (χ4n) is 1.73. The van der Waals surface area contributed by atoms with Crippen molar-refractivity contribution >= 4 is 21.4 Å². The third kappa shape index (κ3) is 2.69. The van der Waals surface area contributed by atoms with E-state index in [-0.39, 0.29) is 6.10 Å². The van der Waals surface area contributed by atoms with Gasteiger partial charge in [-0.25, -0.2) is 8.42 Å². The summed E-state index contributed by atoms with van der Waals surface area (Å²) in [6.07, 6.45) is -0.195. The topological polar surface area (TPSA) is 72.6 Å². The van der Waals surface area contributed by atoms with Crippen LogP contribution in [-0.2, 0) is 14.8 Å². The number of hydrogen-bond acceptors (Lipinski definition) is 5. The molecule has 1 saturated heterocycles. The molecular formula is C10H16N2O3S2. The number of aryl methyl sites for hydroxylation is 1. The van der Waals surface area contributed by atoms with Gasteiger partial charge < -0.3 is 10.5 Å². The summed E-state index contributed by atoms with van der Waals surface area (Å²) in [5.41, 5.74) is 5.51. The maximum atomic E-state index is 12.3. The number of rotatable bonds is 3. The van der Waals surface area contributed by atoms with Gasteiger partial charge in [0.15, 0.2) is 0 Å². The lowest BCUT2D eigenvalue weighted by molar-refractivity contribution is 0.00456. The van der Waals surface area contributed by atoms with Gasteiger partial charge in [-0.15, -0.1) is 11.3 Å². The van der Waals surface area contributed by atoms with Gasteiger partial charge in [-0.2, -0.15) is 4.31 Å². The molecule has 1 unspecified atom stereocenters. The number of sulfonamides is 1. The van der Waals surface area contributed by atoms with Crippen LogP contribution in [0.3, 0.4) is 0 Å². The van der Waals surface area contributed by atoms with E-state index >= 15 is 0 Å². The van der Waals surface area contributed by atoms with Crippen molar-refractivity contribution in [3.05, 3.63) is 17.0 Å². The predicted molar refractivity (Wildman–Crippen MR) is 66.6 cm³/mol. The summed E-state index contributed by atoms with van der Waals surface area (Å²) < 4.78 is 31.8. The molecule has 1 aliphatic rings. The first-order chi connectivity index (χ1) is 8.04. The summed E-state index contributed by atoms with van der Waals surface area (Å²) in [6.45, 7) is 3.39. The van der Waals surface area contributed by atoms with Crippen molar-refractivity contribution in [3.63, 3.8) is 0 Å². The number of thiophene rings is 1. The third-order valence-corrected chi connectivity index (χ3v) is 6.01. The van der Waals surface area contributed by atoms with Crippen LogP contribution in [0.25, 0.3) is 0 Å². The molecular weight excluding hydrogens is 260 g/mol. The minimum atomic E-state index is -3.37. The smallest absolute Gasteiger partial charge is 0.252 e. The Kier molecular flexibility index (Phi) is 3.84. The van der Waals surface area contributed by atoms with Crippen LogP contribution in [0.15, 0.2) is 16.3 Å². The van der Waals surface area contributed by atoms with Crippen molar-refractivity contribution in [2.75, 3.05) is 26.2 Å². The zero-order valence-corrected chi connectivity index (χ0v) is 11.3. The SMILES string of the molecule is Cc1ccc(S(=O)(=O)N2CCOC(CN)C2)s1. The highest BCUT2D eigenvalue weighted by molar-refractivity contribution is 7.91. The average molecular weight is 276 g/mol. The van der Waals surface area contributed by atoms with E-state index < -0.39 is 10.0 Å². The second kappa shape index (κ2) is 5.03. The second-order valence-electron chi connectivity index (χ2n) is 3.96. The molecule has 0 spiro atoms. The summed E-state index contributed by atoms with van der Waals surface area (Å²) in [5.74, 6) is 0. The number of nitrogens with zero attached hydrogens (tertiary/aromatic N) is 1.